The molecule has 0 bridgehead atoms. The van der Waals surface area contributed by atoms with Crippen LogP contribution in [-0.2, 0) is 0 Å². The summed E-state index contributed by atoms with van der Waals surface area (Å²) in [7, 11) is 0. The molecule has 0 aromatic carbocycles. The largest absolute Gasteiger partial charge is 0.478 e. The smallest absolute Gasteiger partial charge is 0.337 e. The summed E-state index contributed by atoms with van der Waals surface area (Å²) in [6.45, 7) is 10.3. The molecule has 2 N–H and O–H groups in total. The maximum Gasteiger partial charge on any atom is 0.337 e. The number of aromatic carboxylic acids is 1. The zero-order valence-corrected chi connectivity index (χ0v) is 23.1. The third-order valence-corrected chi connectivity index (χ3v) is 8.33. The van der Waals surface area contributed by atoms with E-state index in [2.05, 4.69) is 29.0 Å². The van der Waals surface area contributed by atoms with Gasteiger partial charge in [0.1, 0.15) is 17.3 Å². The lowest BCUT2D eigenvalue weighted by Gasteiger charge is -2.47. The van der Waals surface area contributed by atoms with Crippen molar-refractivity contribution in [3.63, 3.8) is 0 Å². The highest BCUT2D eigenvalue weighted by Gasteiger charge is 2.39. The summed E-state index contributed by atoms with van der Waals surface area (Å²) in [5.74, 6) is 1.62. The molecule has 2 saturated carbocycles. The normalized spacial score (nSPS) is 19.9. The zero-order valence-electron chi connectivity index (χ0n) is 23.1. The Morgan fingerprint density at radius 1 is 1.08 bits per heavy atom. The van der Waals surface area contributed by atoms with Gasteiger partial charge in [0.15, 0.2) is 0 Å². The first-order valence-corrected chi connectivity index (χ1v) is 14.0. The van der Waals surface area contributed by atoms with Crippen LogP contribution in [0.1, 0.15) is 103 Å². The van der Waals surface area contributed by atoms with Crippen molar-refractivity contribution < 1.29 is 14.7 Å². The molecule has 204 valence electrons. The minimum absolute atomic E-state index is 0.0931. The summed E-state index contributed by atoms with van der Waals surface area (Å²) in [4.78, 5) is 43.5. The monoisotopic (exact) mass is 520 g/mol. The van der Waals surface area contributed by atoms with E-state index in [1.807, 2.05) is 11.0 Å². The number of anilines is 2. The van der Waals surface area contributed by atoms with E-state index in [1.54, 1.807) is 20.0 Å². The second-order valence-corrected chi connectivity index (χ2v) is 11.9. The van der Waals surface area contributed by atoms with Crippen LogP contribution >= 0.6 is 0 Å². The van der Waals surface area contributed by atoms with Crippen molar-refractivity contribution in [3.8, 4) is 0 Å². The van der Waals surface area contributed by atoms with Crippen molar-refractivity contribution in [3.05, 3.63) is 40.5 Å². The molecular formula is C29H40N6O3. The molecule has 3 heterocycles. The molecule has 9 heteroatoms. The van der Waals surface area contributed by atoms with Crippen LogP contribution < -0.4 is 10.2 Å². The van der Waals surface area contributed by atoms with Crippen molar-refractivity contribution in [1.82, 2.24) is 19.9 Å². The fraction of sp³-hybridized carbons (Fsp3) is 0.621. The second-order valence-electron chi connectivity index (χ2n) is 11.9. The number of piperazine rings is 1. The van der Waals surface area contributed by atoms with Gasteiger partial charge in [-0.15, -0.1) is 0 Å². The van der Waals surface area contributed by atoms with Gasteiger partial charge in [0.2, 0.25) is 0 Å². The third-order valence-electron chi connectivity index (χ3n) is 8.33. The van der Waals surface area contributed by atoms with Gasteiger partial charge in [-0.05, 0) is 70.9 Å². The van der Waals surface area contributed by atoms with E-state index in [4.69, 9.17) is 9.97 Å². The molecule has 0 radical (unpaired) electrons. The predicted octanol–water partition coefficient (Wildman–Crippen LogP) is 4.80. The van der Waals surface area contributed by atoms with Gasteiger partial charge in [-0.25, -0.2) is 19.7 Å². The standard InChI is InChI=1S/C29H40N6O3/c1-18-14-23(32-19(2)24(18)28(37)38)34-12-13-35(29(3,4)17-34)27(36)22-16-31-26(25(33-22)21-10-11-21)30-15-20-8-6-5-7-9-20/h14,16,20-21H,5-13,15,17H2,1-4H3,(H,30,31)(H,37,38). The number of carboxylic acids is 1. The maximum absolute atomic E-state index is 13.7. The quantitative estimate of drug-likeness (QED) is 0.536. The van der Waals surface area contributed by atoms with Crippen LogP contribution in [0.5, 0.6) is 0 Å². The molecule has 5 rings (SSSR count). The molecule has 2 aromatic heterocycles. The van der Waals surface area contributed by atoms with E-state index in [0.717, 1.165) is 36.7 Å². The molecule has 0 unspecified atom stereocenters. The van der Waals surface area contributed by atoms with Crippen molar-refractivity contribution in [2.75, 3.05) is 36.4 Å². The minimum Gasteiger partial charge on any atom is -0.478 e. The van der Waals surface area contributed by atoms with Gasteiger partial charge in [0.05, 0.1) is 28.7 Å². The summed E-state index contributed by atoms with van der Waals surface area (Å²) in [5, 5.41) is 13.0. The SMILES string of the molecule is Cc1cc(N2CCN(C(=O)c3cnc(NCC4CCCCC4)c(C4CC4)n3)C(C)(C)C2)nc(C)c1C(=O)O. The average molecular weight is 521 g/mol. The maximum atomic E-state index is 13.7. The van der Waals surface area contributed by atoms with E-state index in [9.17, 15) is 14.7 Å². The van der Waals surface area contributed by atoms with Crippen LogP contribution in [0.25, 0.3) is 0 Å². The molecule has 2 aliphatic carbocycles. The zero-order chi connectivity index (χ0) is 27.0. The Labute approximate surface area is 225 Å². The summed E-state index contributed by atoms with van der Waals surface area (Å²) in [6.07, 6.45) is 10.4. The molecular weight excluding hydrogens is 480 g/mol. The number of nitrogens with one attached hydrogen (secondary N) is 1. The number of carbonyl (C=O) groups excluding carboxylic acids is 1. The van der Waals surface area contributed by atoms with Crippen molar-refractivity contribution in [2.45, 2.75) is 84.1 Å². The number of nitrogens with zero attached hydrogens (tertiary/aromatic N) is 5. The van der Waals surface area contributed by atoms with E-state index in [1.165, 1.54) is 32.1 Å². The predicted molar refractivity (Wildman–Crippen MR) is 147 cm³/mol. The minimum atomic E-state index is -0.961. The molecule has 1 aliphatic heterocycles. The summed E-state index contributed by atoms with van der Waals surface area (Å²) in [5.41, 5.74) is 2.33. The van der Waals surface area contributed by atoms with E-state index >= 15 is 0 Å². The molecule has 38 heavy (non-hydrogen) atoms. The van der Waals surface area contributed by atoms with Crippen LogP contribution in [0.2, 0.25) is 0 Å². The first kappa shape index (κ1) is 26.4. The number of amides is 1. The molecule has 3 aliphatic rings. The fourth-order valence-corrected chi connectivity index (χ4v) is 6.08. The summed E-state index contributed by atoms with van der Waals surface area (Å²) < 4.78 is 0. The van der Waals surface area contributed by atoms with Crippen molar-refractivity contribution in [1.29, 1.82) is 0 Å². The third kappa shape index (κ3) is 5.47. The molecule has 1 saturated heterocycles. The van der Waals surface area contributed by atoms with Crippen LogP contribution in [0, 0.1) is 19.8 Å². The van der Waals surface area contributed by atoms with Gasteiger partial charge >= 0.3 is 5.97 Å². The molecule has 0 spiro atoms. The number of rotatable bonds is 7. The Kier molecular flexibility index (Phi) is 7.29. The van der Waals surface area contributed by atoms with E-state index < -0.39 is 11.5 Å². The Bertz CT molecular complexity index is 1200. The Balaban J connectivity index is 1.30. The van der Waals surface area contributed by atoms with E-state index in [-0.39, 0.29) is 11.5 Å². The number of carboxylic acid groups (broad SMARTS) is 1. The van der Waals surface area contributed by atoms with Crippen LogP contribution in [-0.4, -0.2) is 68.6 Å². The highest BCUT2D eigenvalue weighted by atomic mass is 16.4. The van der Waals surface area contributed by atoms with Gasteiger partial charge in [-0.1, -0.05) is 19.3 Å². The highest BCUT2D eigenvalue weighted by Crippen LogP contribution is 2.42. The number of carbonyl (C=O) groups is 2. The van der Waals surface area contributed by atoms with Gasteiger partial charge in [-0.2, -0.15) is 0 Å². The number of pyridine rings is 1. The Morgan fingerprint density at radius 2 is 1.82 bits per heavy atom. The van der Waals surface area contributed by atoms with Gasteiger partial charge in [0, 0.05) is 32.1 Å². The molecule has 2 aromatic rings. The molecule has 1 amide bonds. The van der Waals surface area contributed by atoms with Crippen molar-refractivity contribution >= 4 is 23.5 Å². The number of hydrogen-bond donors (Lipinski definition) is 2. The highest BCUT2D eigenvalue weighted by molar-refractivity contribution is 5.93. The Morgan fingerprint density at radius 3 is 2.45 bits per heavy atom. The van der Waals surface area contributed by atoms with Crippen LogP contribution in [0.15, 0.2) is 12.3 Å². The van der Waals surface area contributed by atoms with Crippen LogP contribution in [0.4, 0.5) is 11.6 Å². The van der Waals surface area contributed by atoms with Crippen LogP contribution in [0.3, 0.4) is 0 Å². The topological polar surface area (TPSA) is 112 Å². The number of aryl methyl sites for hydroxylation is 2. The lowest BCUT2D eigenvalue weighted by atomic mass is 9.89. The molecule has 9 nitrogen and oxygen atoms in total. The number of hydrogen-bond acceptors (Lipinski definition) is 7. The Hall–Kier alpha value is -3.23. The van der Waals surface area contributed by atoms with Crippen molar-refractivity contribution in [2.24, 2.45) is 5.92 Å². The molecule has 0 atom stereocenters. The lowest BCUT2D eigenvalue weighted by molar-refractivity contribution is 0.0506. The number of aromatic nitrogens is 3. The second kappa shape index (κ2) is 10.5. The summed E-state index contributed by atoms with van der Waals surface area (Å²) >= 11 is 0. The van der Waals surface area contributed by atoms with Gasteiger partial charge in [0.25, 0.3) is 5.91 Å². The van der Waals surface area contributed by atoms with Gasteiger partial charge < -0.3 is 20.2 Å². The van der Waals surface area contributed by atoms with E-state index in [0.29, 0.717) is 48.4 Å². The van der Waals surface area contributed by atoms with Gasteiger partial charge in [-0.3, -0.25) is 4.79 Å². The average Bonchev–Trinajstić information content (AvgIpc) is 3.72. The first-order valence-electron chi connectivity index (χ1n) is 14.0. The molecule has 3 fully saturated rings. The fourth-order valence-electron chi connectivity index (χ4n) is 6.08. The lowest BCUT2D eigenvalue weighted by Crippen LogP contribution is -2.61. The first-order chi connectivity index (χ1) is 18.1. The summed E-state index contributed by atoms with van der Waals surface area (Å²) in [6, 6.07) is 1.83.